The zero-order valence-corrected chi connectivity index (χ0v) is 7.64. The van der Waals surface area contributed by atoms with E-state index in [-0.39, 0.29) is 12.0 Å². The molecule has 1 fully saturated rings. The van der Waals surface area contributed by atoms with E-state index in [9.17, 15) is 4.79 Å². The van der Waals surface area contributed by atoms with Crippen LogP contribution in [0.1, 0.15) is 32.6 Å². The molecule has 0 bridgehead atoms. The molecule has 1 atom stereocenters. The van der Waals surface area contributed by atoms with Gasteiger partial charge in [0.05, 0.1) is 6.61 Å². The van der Waals surface area contributed by atoms with Gasteiger partial charge in [0.2, 0.25) is 0 Å². The quantitative estimate of drug-likeness (QED) is 0.632. The Kier molecular flexibility index (Phi) is 4.08. The van der Waals surface area contributed by atoms with Crippen molar-refractivity contribution in [1.82, 2.24) is 5.32 Å². The molecule has 12 heavy (non-hydrogen) atoms. The Morgan fingerprint density at radius 2 is 2.33 bits per heavy atom. The molecule has 0 spiro atoms. The smallest absolute Gasteiger partial charge is 0.323 e. The first-order valence-corrected chi connectivity index (χ1v) is 4.74. The summed E-state index contributed by atoms with van der Waals surface area (Å²) in [5.41, 5.74) is 0. The lowest BCUT2D eigenvalue weighted by atomic mass is 10.1. The van der Waals surface area contributed by atoms with E-state index in [0.717, 1.165) is 19.4 Å². The van der Waals surface area contributed by atoms with Crippen molar-refractivity contribution >= 4 is 5.97 Å². The van der Waals surface area contributed by atoms with Gasteiger partial charge in [0, 0.05) is 0 Å². The Hall–Kier alpha value is -0.570. The Morgan fingerprint density at radius 3 is 3.08 bits per heavy atom. The monoisotopic (exact) mass is 171 g/mol. The van der Waals surface area contributed by atoms with Crippen LogP contribution in [-0.4, -0.2) is 25.2 Å². The molecule has 0 aromatic rings. The van der Waals surface area contributed by atoms with Gasteiger partial charge in [-0.25, -0.2) is 0 Å². The Bertz CT molecular complexity index is 139. The van der Waals surface area contributed by atoms with Crippen LogP contribution in [0.3, 0.4) is 0 Å². The van der Waals surface area contributed by atoms with E-state index < -0.39 is 0 Å². The second kappa shape index (κ2) is 5.14. The lowest BCUT2D eigenvalue weighted by Crippen LogP contribution is -2.37. The van der Waals surface area contributed by atoms with Gasteiger partial charge in [-0.3, -0.25) is 4.79 Å². The molecule has 0 aliphatic carbocycles. The van der Waals surface area contributed by atoms with Crippen molar-refractivity contribution in [2.75, 3.05) is 13.2 Å². The van der Waals surface area contributed by atoms with Gasteiger partial charge in [0.25, 0.3) is 0 Å². The van der Waals surface area contributed by atoms with E-state index in [1.165, 1.54) is 12.8 Å². The summed E-state index contributed by atoms with van der Waals surface area (Å²) in [7, 11) is 0. The number of carbonyl (C=O) groups excluding carboxylic acids is 1. The average Bonchev–Trinajstić information content (AvgIpc) is 2.32. The fourth-order valence-corrected chi connectivity index (χ4v) is 1.47. The molecule has 1 rings (SSSR count). The minimum atomic E-state index is -0.0839. The first-order chi connectivity index (χ1) is 5.84. The maximum absolute atomic E-state index is 11.3. The molecule has 0 saturated carbocycles. The van der Waals surface area contributed by atoms with Crippen molar-refractivity contribution in [3.05, 3.63) is 0 Å². The molecule has 1 heterocycles. The zero-order valence-electron chi connectivity index (χ0n) is 7.64. The van der Waals surface area contributed by atoms with Crippen molar-refractivity contribution in [3.63, 3.8) is 0 Å². The van der Waals surface area contributed by atoms with E-state index in [2.05, 4.69) is 5.32 Å². The highest BCUT2D eigenvalue weighted by Crippen LogP contribution is 2.09. The van der Waals surface area contributed by atoms with Crippen LogP contribution in [0.25, 0.3) is 0 Å². The van der Waals surface area contributed by atoms with Crippen LogP contribution in [0.5, 0.6) is 0 Å². The van der Waals surface area contributed by atoms with E-state index in [4.69, 9.17) is 4.74 Å². The topological polar surface area (TPSA) is 38.3 Å². The molecule has 0 unspecified atom stereocenters. The van der Waals surface area contributed by atoms with E-state index in [1.54, 1.807) is 0 Å². The molecule has 0 amide bonds. The summed E-state index contributed by atoms with van der Waals surface area (Å²) in [5, 5.41) is 3.19. The molecule has 0 radical (unpaired) electrons. The average molecular weight is 171 g/mol. The number of esters is 1. The molecular formula is C9H17NO2. The molecule has 1 aliphatic rings. The third kappa shape index (κ3) is 2.81. The summed E-state index contributed by atoms with van der Waals surface area (Å²) in [6.07, 6.45) is 4.47. The summed E-state index contributed by atoms with van der Waals surface area (Å²) in [6.45, 7) is 3.27. The molecule has 70 valence electrons. The zero-order chi connectivity index (χ0) is 8.81. The van der Waals surface area contributed by atoms with Crippen molar-refractivity contribution < 1.29 is 9.53 Å². The number of nitrogens with one attached hydrogen (secondary N) is 1. The standard InChI is InChI=1S/C9H17NO2/c1-2-12-9(11)8-6-4-3-5-7-10-8/h8,10H,2-7H2,1H3/t8-/m0/s1. The van der Waals surface area contributed by atoms with Crippen molar-refractivity contribution in [2.45, 2.75) is 38.6 Å². The molecule has 1 N–H and O–H groups in total. The molecular weight excluding hydrogens is 154 g/mol. The lowest BCUT2D eigenvalue weighted by molar-refractivity contribution is -0.145. The Morgan fingerprint density at radius 1 is 1.50 bits per heavy atom. The lowest BCUT2D eigenvalue weighted by Gasteiger charge is -2.13. The van der Waals surface area contributed by atoms with Gasteiger partial charge in [-0.05, 0) is 26.3 Å². The fraction of sp³-hybridized carbons (Fsp3) is 0.889. The van der Waals surface area contributed by atoms with E-state index in [0.29, 0.717) is 6.61 Å². The molecule has 1 saturated heterocycles. The van der Waals surface area contributed by atoms with Gasteiger partial charge in [-0.15, -0.1) is 0 Å². The van der Waals surface area contributed by atoms with Gasteiger partial charge in [0.1, 0.15) is 6.04 Å². The maximum atomic E-state index is 11.3. The summed E-state index contributed by atoms with van der Waals surface area (Å²) in [6, 6.07) is -0.0487. The van der Waals surface area contributed by atoms with Crippen LogP contribution in [0.15, 0.2) is 0 Å². The van der Waals surface area contributed by atoms with Crippen molar-refractivity contribution in [2.24, 2.45) is 0 Å². The fourth-order valence-electron chi connectivity index (χ4n) is 1.47. The highest BCUT2D eigenvalue weighted by Gasteiger charge is 2.19. The van der Waals surface area contributed by atoms with Crippen molar-refractivity contribution in [3.8, 4) is 0 Å². The van der Waals surface area contributed by atoms with Gasteiger partial charge in [0.15, 0.2) is 0 Å². The molecule has 3 heteroatoms. The largest absolute Gasteiger partial charge is 0.465 e. The minimum absolute atomic E-state index is 0.0487. The number of rotatable bonds is 2. The third-order valence-corrected chi connectivity index (χ3v) is 2.13. The van der Waals surface area contributed by atoms with Crippen LogP contribution in [0, 0.1) is 0 Å². The number of hydrogen-bond donors (Lipinski definition) is 1. The number of hydrogen-bond acceptors (Lipinski definition) is 3. The van der Waals surface area contributed by atoms with Gasteiger partial charge < -0.3 is 10.1 Å². The summed E-state index contributed by atoms with van der Waals surface area (Å²) >= 11 is 0. The highest BCUT2D eigenvalue weighted by molar-refractivity contribution is 5.75. The molecule has 3 nitrogen and oxygen atoms in total. The summed E-state index contributed by atoms with van der Waals surface area (Å²) in [4.78, 5) is 11.3. The highest BCUT2D eigenvalue weighted by atomic mass is 16.5. The Labute approximate surface area is 73.5 Å². The SMILES string of the molecule is CCOC(=O)[C@@H]1CCCCCN1. The Balaban J connectivity index is 2.32. The predicted molar refractivity (Wildman–Crippen MR) is 46.9 cm³/mol. The van der Waals surface area contributed by atoms with Crippen LogP contribution >= 0.6 is 0 Å². The van der Waals surface area contributed by atoms with E-state index >= 15 is 0 Å². The summed E-state index contributed by atoms with van der Waals surface area (Å²) in [5.74, 6) is -0.0839. The minimum Gasteiger partial charge on any atom is -0.465 e. The van der Waals surface area contributed by atoms with Gasteiger partial charge in [-0.1, -0.05) is 12.8 Å². The second-order valence-electron chi connectivity index (χ2n) is 3.11. The third-order valence-electron chi connectivity index (χ3n) is 2.13. The predicted octanol–water partition coefficient (Wildman–Crippen LogP) is 1.08. The van der Waals surface area contributed by atoms with Crippen LogP contribution in [0.4, 0.5) is 0 Å². The maximum Gasteiger partial charge on any atom is 0.323 e. The molecule has 0 aromatic carbocycles. The van der Waals surface area contributed by atoms with Gasteiger partial charge in [-0.2, -0.15) is 0 Å². The van der Waals surface area contributed by atoms with Crippen LogP contribution < -0.4 is 5.32 Å². The first-order valence-electron chi connectivity index (χ1n) is 4.74. The van der Waals surface area contributed by atoms with Crippen molar-refractivity contribution in [1.29, 1.82) is 0 Å². The number of carbonyl (C=O) groups is 1. The molecule has 0 aromatic heterocycles. The van der Waals surface area contributed by atoms with Crippen LogP contribution in [-0.2, 0) is 9.53 Å². The van der Waals surface area contributed by atoms with Crippen LogP contribution in [0.2, 0.25) is 0 Å². The molecule has 1 aliphatic heterocycles. The summed E-state index contributed by atoms with van der Waals surface area (Å²) < 4.78 is 4.94. The normalized spacial score (nSPS) is 24.6. The second-order valence-corrected chi connectivity index (χ2v) is 3.11. The van der Waals surface area contributed by atoms with Gasteiger partial charge >= 0.3 is 5.97 Å². The number of ether oxygens (including phenoxy) is 1. The van der Waals surface area contributed by atoms with E-state index in [1.807, 2.05) is 6.92 Å². The first kappa shape index (κ1) is 9.52.